The van der Waals surface area contributed by atoms with Gasteiger partial charge in [0.05, 0.1) is 11.8 Å². The number of hydrogen-bond donors (Lipinski definition) is 1. The van der Waals surface area contributed by atoms with Gasteiger partial charge < -0.3 is 5.32 Å². The van der Waals surface area contributed by atoms with E-state index < -0.39 is 0 Å². The molecular weight excluding hydrogens is 338 g/mol. The number of hydrogen-bond acceptors (Lipinski definition) is 2. The summed E-state index contributed by atoms with van der Waals surface area (Å²) in [6, 6.07) is 14.2. The number of benzene rings is 2. The van der Waals surface area contributed by atoms with Gasteiger partial charge in [-0.15, -0.1) is 11.8 Å². The molecule has 1 atom stereocenters. The van der Waals surface area contributed by atoms with Gasteiger partial charge in [0.1, 0.15) is 0 Å². The van der Waals surface area contributed by atoms with Crippen LogP contribution < -0.4 is 5.32 Å². The molecule has 0 aliphatic carbocycles. The predicted octanol–water partition coefficient (Wildman–Crippen LogP) is 5.46. The van der Waals surface area contributed by atoms with Gasteiger partial charge in [0.2, 0.25) is 5.91 Å². The molecular formula is C20H24ClNOS. The molecule has 1 N–H and O–H groups in total. The molecule has 0 aromatic heterocycles. The summed E-state index contributed by atoms with van der Waals surface area (Å²) in [7, 11) is 0. The van der Waals surface area contributed by atoms with Crippen LogP contribution in [-0.4, -0.2) is 11.7 Å². The van der Waals surface area contributed by atoms with E-state index in [2.05, 4.69) is 44.3 Å². The molecule has 0 fully saturated rings. The Hall–Kier alpha value is -1.45. The molecule has 0 bridgehead atoms. The molecule has 2 rings (SSSR count). The third kappa shape index (κ3) is 5.29. The zero-order valence-corrected chi connectivity index (χ0v) is 16.0. The fourth-order valence-electron chi connectivity index (χ4n) is 2.72. The van der Waals surface area contributed by atoms with Crippen molar-refractivity contribution in [3.8, 4) is 0 Å². The number of amides is 1. The Balaban J connectivity index is 1.89. The summed E-state index contributed by atoms with van der Waals surface area (Å²) in [4.78, 5) is 12.3. The molecule has 2 nitrogen and oxygen atoms in total. The van der Waals surface area contributed by atoms with Crippen LogP contribution >= 0.6 is 23.4 Å². The Bertz CT molecular complexity index is 702. The van der Waals surface area contributed by atoms with Crippen LogP contribution in [0.1, 0.15) is 41.6 Å². The number of halogens is 1. The summed E-state index contributed by atoms with van der Waals surface area (Å²) >= 11 is 7.73. The first kappa shape index (κ1) is 18.9. The molecule has 2 aromatic carbocycles. The van der Waals surface area contributed by atoms with E-state index in [0.29, 0.717) is 5.75 Å². The van der Waals surface area contributed by atoms with E-state index in [4.69, 9.17) is 11.6 Å². The van der Waals surface area contributed by atoms with Gasteiger partial charge >= 0.3 is 0 Å². The zero-order valence-electron chi connectivity index (χ0n) is 14.4. The van der Waals surface area contributed by atoms with Gasteiger partial charge in [0.25, 0.3) is 0 Å². The fourth-order valence-corrected chi connectivity index (χ4v) is 3.85. The maximum Gasteiger partial charge on any atom is 0.230 e. The van der Waals surface area contributed by atoms with Gasteiger partial charge in [-0.05, 0) is 43.0 Å². The third-order valence-electron chi connectivity index (χ3n) is 3.99. The molecule has 0 aliphatic heterocycles. The van der Waals surface area contributed by atoms with Crippen molar-refractivity contribution in [2.45, 2.75) is 39.0 Å². The molecule has 0 spiro atoms. The Morgan fingerprint density at radius 3 is 2.62 bits per heavy atom. The molecule has 0 aliphatic rings. The molecule has 2 aromatic rings. The fraction of sp³-hybridized carbons (Fsp3) is 0.350. The standard InChI is InChI=1S/C20H24ClNOS/c1-4-19(17-10-9-14(2)11-15(17)3)22-20(23)13-24-12-16-7-5-6-8-18(16)21/h5-11,19H,4,12-13H2,1-3H3,(H,22,23). The minimum absolute atomic E-state index is 0.0684. The lowest BCUT2D eigenvalue weighted by atomic mass is 9.97. The normalized spacial score (nSPS) is 12.0. The summed E-state index contributed by atoms with van der Waals surface area (Å²) < 4.78 is 0. The lowest BCUT2D eigenvalue weighted by molar-refractivity contribution is -0.119. The number of thioether (sulfide) groups is 1. The molecule has 0 radical (unpaired) electrons. The van der Waals surface area contributed by atoms with E-state index >= 15 is 0 Å². The van der Waals surface area contributed by atoms with Crippen molar-refractivity contribution in [2.24, 2.45) is 0 Å². The molecule has 128 valence electrons. The summed E-state index contributed by atoms with van der Waals surface area (Å²) in [6.07, 6.45) is 0.880. The monoisotopic (exact) mass is 361 g/mol. The van der Waals surface area contributed by atoms with Crippen molar-refractivity contribution in [2.75, 3.05) is 5.75 Å². The van der Waals surface area contributed by atoms with E-state index in [1.165, 1.54) is 16.7 Å². The Morgan fingerprint density at radius 1 is 1.21 bits per heavy atom. The smallest absolute Gasteiger partial charge is 0.230 e. The lowest BCUT2D eigenvalue weighted by Gasteiger charge is -2.20. The lowest BCUT2D eigenvalue weighted by Crippen LogP contribution is -2.30. The van der Waals surface area contributed by atoms with Gasteiger partial charge in [-0.25, -0.2) is 0 Å². The van der Waals surface area contributed by atoms with Crippen LogP contribution in [0.25, 0.3) is 0 Å². The topological polar surface area (TPSA) is 29.1 Å². The van der Waals surface area contributed by atoms with Crippen molar-refractivity contribution in [3.63, 3.8) is 0 Å². The second kappa shape index (κ2) is 9.14. The summed E-state index contributed by atoms with van der Waals surface area (Å²) in [5.41, 5.74) is 4.74. The number of rotatable bonds is 7. The number of aryl methyl sites for hydroxylation is 2. The van der Waals surface area contributed by atoms with E-state index in [1.54, 1.807) is 11.8 Å². The first-order valence-corrected chi connectivity index (χ1v) is 9.72. The average Bonchev–Trinajstić information content (AvgIpc) is 2.55. The quantitative estimate of drug-likeness (QED) is 0.709. The SMILES string of the molecule is CCC(NC(=O)CSCc1ccccc1Cl)c1ccc(C)cc1C. The minimum atomic E-state index is 0.0684. The van der Waals surface area contributed by atoms with Gasteiger partial charge in [0.15, 0.2) is 0 Å². The van der Waals surface area contributed by atoms with Crippen LogP contribution in [-0.2, 0) is 10.5 Å². The highest BCUT2D eigenvalue weighted by molar-refractivity contribution is 7.99. The van der Waals surface area contributed by atoms with Gasteiger partial charge in [0, 0.05) is 10.8 Å². The molecule has 0 saturated carbocycles. The number of carbonyl (C=O) groups excluding carboxylic acids is 1. The summed E-state index contributed by atoms with van der Waals surface area (Å²) in [6.45, 7) is 6.28. The average molecular weight is 362 g/mol. The van der Waals surface area contributed by atoms with E-state index in [-0.39, 0.29) is 11.9 Å². The van der Waals surface area contributed by atoms with E-state index in [1.807, 2.05) is 24.3 Å². The van der Waals surface area contributed by atoms with E-state index in [9.17, 15) is 4.79 Å². The Morgan fingerprint density at radius 2 is 1.96 bits per heavy atom. The second-order valence-corrected chi connectivity index (χ2v) is 7.37. The van der Waals surface area contributed by atoms with Crippen LogP contribution in [0.3, 0.4) is 0 Å². The second-order valence-electron chi connectivity index (χ2n) is 5.97. The highest BCUT2D eigenvalue weighted by atomic mass is 35.5. The van der Waals surface area contributed by atoms with Gasteiger partial charge in [-0.1, -0.05) is 60.5 Å². The van der Waals surface area contributed by atoms with Crippen LogP contribution in [0, 0.1) is 13.8 Å². The first-order chi connectivity index (χ1) is 11.5. The maximum atomic E-state index is 12.3. The van der Waals surface area contributed by atoms with Crippen molar-refractivity contribution in [3.05, 3.63) is 69.7 Å². The Kier molecular flexibility index (Phi) is 7.19. The molecule has 4 heteroatoms. The molecule has 1 amide bonds. The highest BCUT2D eigenvalue weighted by Gasteiger charge is 2.15. The Labute approximate surface area is 154 Å². The summed E-state index contributed by atoms with van der Waals surface area (Å²) in [5.74, 6) is 1.25. The third-order valence-corrected chi connectivity index (χ3v) is 5.34. The van der Waals surface area contributed by atoms with Crippen LogP contribution in [0.2, 0.25) is 5.02 Å². The van der Waals surface area contributed by atoms with Crippen LogP contribution in [0.15, 0.2) is 42.5 Å². The van der Waals surface area contributed by atoms with Crippen molar-refractivity contribution in [1.82, 2.24) is 5.32 Å². The largest absolute Gasteiger partial charge is 0.349 e. The predicted molar refractivity (Wildman–Crippen MR) is 105 cm³/mol. The molecule has 24 heavy (non-hydrogen) atoms. The maximum absolute atomic E-state index is 12.3. The number of carbonyl (C=O) groups is 1. The van der Waals surface area contributed by atoms with Crippen molar-refractivity contribution < 1.29 is 4.79 Å². The molecule has 0 saturated heterocycles. The van der Waals surface area contributed by atoms with Crippen molar-refractivity contribution in [1.29, 1.82) is 0 Å². The van der Waals surface area contributed by atoms with Crippen LogP contribution in [0.5, 0.6) is 0 Å². The van der Waals surface area contributed by atoms with Gasteiger partial charge in [-0.3, -0.25) is 4.79 Å². The summed E-state index contributed by atoms with van der Waals surface area (Å²) in [5, 5.41) is 3.91. The highest BCUT2D eigenvalue weighted by Crippen LogP contribution is 2.23. The number of nitrogens with one attached hydrogen (secondary N) is 1. The van der Waals surface area contributed by atoms with Crippen LogP contribution in [0.4, 0.5) is 0 Å². The van der Waals surface area contributed by atoms with E-state index in [0.717, 1.165) is 22.8 Å². The first-order valence-electron chi connectivity index (χ1n) is 8.19. The van der Waals surface area contributed by atoms with Crippen molar-refractivity contribution >= 4 is 29.3 Å². The minimum Gasteiger partial charge on any atom is -0.349 e. The molecule has 1 unspecified atom stereocenters. The van der Waals surface area contributed by atoms with Gasteiger partial charge in [-0.2, -0.15) is 0 Å². The zero-order chi connectivity index (χ0) is 17.5. The molecule has 0 heterocycles.